The van der Waals surface area contributed by atoms with Crippen molar-refractivity contribution < 1.29 is 0 Å². The van der Waals surface area contributed by atoms with Crippen LogP contribution in [0.1, 0.15) is 126 Å². The van der Waals surface area contributed by atoms with Crippen molar-refractivity contribution in [1.29, 1.82) is 0 Å². The standard InChI is InChI=1S/C34H58N2/c1-9-19-36-22-23(3)20-30-31(36)25(5)34(35-30)18-14-29-28(24(34)4)13-17-33(29,8)16-12-27-21-26(10-2)11-15-32(27,6)7/h12,23,25-26,29-31,35H,9-11,13-22H2,1-8H3/b27-12-/t23?,25-,26?,29?,30?,31?,33?,34?/m1/s1. The smallest absolute Gasteiger partial charge is 0.0438 e. The summed E-state index contributed by atoms with van der Waals surface area (Å²) in [6.45, 7) is 22.6. The van der Waals surface area contributed by atoms with Crippen molar-refractivity contribution in [1.82, 2.24) is 10.2 Å². The molecule has 0 aromatic heterocycles. The second kappa shape index (κ2) is 9.86. The number of likely N-dealkylation sites (tertiary alicyclic amines) is 1. The quantitative estimate of drug-likeness (QED) is 0.385. The summed E-state index contributed by atoms with van der Waals surface area (Å²) < 4.78 is 0. The Labute approximate surface area is 224 Å². The van der Waals surface area contributed by atoms with Crippen LogP contribution in [0, 0.1) is 34.5 Å². The molecule has 5 rings (SSSR count). The molecule has 204 valence electrons. The maximum atomic E-state index is 4.36. The van der Waals surface area contributed by atoms with Gasteiger partial charge in [0.2, 0.25) is 0 Å². The molecule has 8 atom stereocenters. The maximum Gasteiger partial charge on any atom is 0.0438 e. The van der Waals surface area contributed by atoms with Gasteiger partial charge in [-0.15, -0.1) is 0 Å². The summed E-state index contributed by atoms with van der Waals surface area (Å²) in [5.41, 5.74) is 6.53. The van der Waals surface area contributed by atoms with Crippen LogP contribution >= 0.6 is 0 Å². The fraction of sp³-hybridized carbons (Fsp3) is 0.882. The molecule has 0 bridgehead atoms. The van der Waals surface area contributed by atoms with Crippen LogP contribution in [0.25, 0.3) is 0 Å². The van der Waals surface area contributed by atoms with E-state index < -0.39 is 0 Å². The average molecular weight is 495 g/mol. The van der Waals surface area contributed by atoms with Gasteiger partial charge in [0, 0.05) is 24.2 Å². The molecule has 2 nitrogen and oxygen atoms in total. The summed E-state index contributed by atoms with van der Waals surface area (Å²) in [6.07, 6.45) is 17.7. The van der Waals surface area contributed by atoms with Crippen LogP contribution in [0.3, 0.4) is 0 Å². The molecule has 2 heterocycles. The molecule has 2 saturated heterocycles. The Balaban J connectivity index is 1.38. The lowest BCUT2D eigenvalue weighted by molar-refractivity contribution is 0.0789. The number of piperidine rings is 1. The van der Waals surface area contributed by atoms with Gasteiger partial charge in [-0.1, -0.05) is 77.7 Å². The highest BCUT2D eigenvalue weighted by molar-refractivity contribution is 5.38. The molecule has 0 aromatic carbocycles. The minimum absolute atomic E-state index is 0.251. The van der Waals surface area contributed by atoms with Crippen molar-refractivity contribution in [2.24, 2.45) is 34.5 Å². The predicted octanol–water partition coefficient (Wildman–Crippen LogP) is 8.53. The maximum absolute atomic E-state index is 4.36. The molecule has 1 N–H and O–H groups in total. The van der Waals surface area contributed by atoms with Crippen LogP contribution in [-0.2, 0) is 0 Å². The number of fused-ring (bicyclic) bond motifs is 2. The van der Waals surface area contributed by atoms with Crippen LogP contribution in [0.5, 0.6) is 0 Å². The Morgan fingerprint density at radius 2 is 1.83 bits per heavy atom. The first-order valence-corrected chi connectivity index (χ1v) is 16.0. The normalized spacial score (nSPS) is 45.9. The number of nitrogens with zero attached hydrogens (tertiary/aromatic N) is 1. The van der Waals surface area contributed by atoms with Crippen molar-refractivity contribution in [3.8, 4) is 0 Å². The van der Waals surface area contributed by atoms with Gasteiger partial charge in [0.1, 0.15) is 0 Å². The number of hydrogen-bond donors (Lipinski definition) is 1. The number of allylic oxidation sites excluding steroid dienone is 3. The second-order valence-corrected chi connectivity index (χ2v) is 15.1. The molecule has 0 aromatic rings. The Bertz CT molecular complexity index is 882. The third kappa shape index (κ3) is 4.39. The Kier molecular flexibility index (Phi) is 7.39. The lowest BCUT2D eigenvalue weighted by Gasteiger charge is -2.46. The largest absolute Gasteiger partial charge is 0.303 e. The molecule has 36 heavy (non-hydrogen) atoms. The van der Waals surface area contributed by atoms with E-state index in [-0.39, 0.29) is 5.54 Å². The molecule has 1 spiro atoms. The molecular weight excluding hydrogens is 436 g/mol. The average Bonchev–Trinajstić information content (AvgIpc) is 3.31. The Morgan fingerprint density at radius 3 is 2.56 bits per heavy atom. The van der Waals surface area contributed by atoms with E-state index in [1.807, 2.05) is 5.57 Å². The summed E-state index contributed by atoms with van der Waals surface area (Å²) in [5.74, 6) is 3.26. The summed E-state index contributed by atoms with van der Waals surface area (Å²) in [7, 11) is 0. The van der Waals surface area contributed by atoms with Gasteiger partial charge in [-0.05, 0) is 112 Å². The van der Waals surface area contributed by atoms with Gasteiger partial charge in [-0.2, -0.15) is 0 Å². The summed E-state index contributed by atoms with van der Waals surface area (Å²) >= 11 is 0. The van der Waals surface area contributed by atoms with Crippen molar-refractivity contribution in [3.63, 3.8) is 0 Å². The van der Waals surface area contributed by atoms with Crippen molar-refractivity contribution in [2.45, 2.75) is 144 Å². The van der Waals surface area contributed by atoms with E-state index in [0.717, 1.165) is 29.7 Å². The van der Waals surface area contributed by atoms with Gasteiger partial charge in [0.05, 0.1) is 0 Å². The monoisotopic (exact) mass is 494 g/mol. The van der Waals surface area contributed by atoms with Crippen LogP contribution in [0.15, 0.2) is 22.8 Å². The van der Waals surface area contributed by atoms with Crippen LogP contribution in [-0.4, -0.2) is 35.6 Å². The van der Waals surface area contributed by atoms with E-state index in [1.54, 1.807) is 11.1 Å². The molecule has 2 saturated carbocycles. The zero-order chi connectivity index (χ0) is 25.9. The second-order valence-electron chi connectivity index (χ2n) is 15.1. The van der Waals surface area contributed by atoms with Crippen molar-refractivity contribution >= 4 is 0 Å². The molecule has 2 heteroatoms. The van der Waals surface area contributed by atoms with Gasteiger partial charge >= 0.3 is 0 Å². The highest BCUT2D eigenvalue weighted by Gasteiger charge is 2.58. The van der Waals surface area contributed by atoms with E-state index in [2.05, 4.69) is 71.7 Å². The summed E-state index contributed by atoms with van der Waals surface area (Å²) in [6, 6.07) is 1.41. The van der Waals surface area contributed by atoms with Crippen molar-refractivity contribution in [2.75, 3.05) is 13.1 Å². The number of nitrogens with one attached hydrogen (secondary N) is 1. The molecule has 4 fully saturated rings. The number of hydrogen-bond acceptors (Lipinski definition) is 2. The first-order chi connectivity index (χ1) is 17.0. The molecule has 3 aliphatic carbocycles. The molecule has 7 unspecified atom stereocenters. The molecule has 0 amide bonds. The summed E-state index contributed by atoms with van der Waals surface area (Å²) in [5, 5.41) is 4.36. The zero-order valence-corrected chi connectivity index (χ0v) is 25.2. The van der Waals surface area contributed by atoms with Gasteiger partial charge in [0.25, 0.3) is 0 Å². The summed E-state index contributed by atoms with van der Waals surface area (Å²) in [4.78, 5) is 2.87. The van der Waals surface area contributed by atoms with E-state index in [4.69, 9.17) is 0 Å². The Hall–Kier alpha value is -0.600. The third-order valence-electron chi connectivity index (χ3n) is 12.4. The zero-order valence-electron chi connectivity index (χ0n) is 25.2. The van der Waals surface area contributed by atoms with Gasteiger partial charge in [-0.3, -0.25) is 4.90 Å². The van der Waals surface area contributed by atoms with Crippen LogP contribution < -0.4 is 5.32 Å². The highest BCUT2D eigenvalue weighted by atomic mass is 15.3. The number of rotatable bonds is 5. The predicted molar refractivity (Wildman–Crippen MR) is 155 cm³/mol. The van der Waals surface area contributed by atoms with Gasteiger partial charge in [-0.25, -0.2) is 0 Å². The fourth-order valence-corrected chi connectivity index (χ4v) is 9.99. The SMILES string of the molecule is CCCN1CC(C)CC2NC3(CCC4C(=C3C)CCC4(C)C/C=C3/CC(CC)CCC3(C)C)[C@H](C)C21. The van der Waals surface area contributed by atoms with Crippen LogP contribution in [0.2, 0.25) is 0 Å². The van der Waals surface area contributed by atoms with E-state index >= 15 is 0 Å². The lowest BCUT2D eigenvalue weighted by atomic mass is 9.62. The van der Waals surface area contributed by atoms with E-state index in [0.29, 0.717) is 16.9 Å². The first kappa shape index (κ1) is 27.0. The minimum Gasteiger partial charge on any atom is -0.303 e. The molecule has 2 aliphatic heterocycles. The van der Waals surface area contributed by atoms with Crippen molar-refractivity contribution in [3.05, 3.63) is 22.8 Å². The highest BCUT2D eigenvalue weighted by Crippen LogP contribution is 2.59. The molecular formula is C34H58N2. The van der Waals surface area contributed by atoms with E-state index in [9.17, 15) is 0 Å². The fourth-order valence-electron chi connectivity index (χ4n) is 9.99. The van der Waals surface area contributed by atoms with Gasteiger partial charge in [0.15, 0.2) is 0 Å². The lowest BCUT2D eigenvalue weighted by Crippen LogP contribution is -2.53. The first-order valence-electron chi connectivity index (χ1n) is 16.0. The van der Waals surface area contributed by atoms with Crippen LogP contribution in [0.4, 0.5) is 0 Å². The third-order valence-corrected chi connectivity index (χ3v) is 12.4. The van der Waals surface area contributed by atoms with E-state index in [1.165, 1.54) is 83.7 Å². The molecule has 5 aliphatic rings. The van der Waals surface area contributed by atoms with Gasteiger partial charge < -0.3 is 5.32 Å². The minimum atomic E-state index is 0.251. The topological polar surface area (TPSA) is 15.3 Å². The molecule has 0 radical (unpaired) electrons. The Morgan fingerprint density at radius 1 is 1.06 bits per heavy atom.